The normalized spacial score (nSPS) is 12.1. The molecule has 0 atom stereocenters. The first kappa shape index (κ1) is 13.3. The molecule has 6 nitrogen and oxygen atoms in total. The second kappa shape index (κ2) is 4.54. The minimum Gasteiger partial charge on any atom is -0.478 e. The fourth-order valence-corrected chi connectivity index (χ4v) is 2.94. The second-order valence-electron chi connectivity index (χ2n) is 5.13. The number of pyridine rings is 1. The number of hydrogen-bond donors (Lipinski definition) is 2. The van der Waals surface area contributed by atoms with Crippen molar-refractivity contribution in [1.29, 1.82) is 0 Å². The molecule has 2 aromatic heterocycles. The summed E-state index contributed by atoms with van der Waals surface area (Å²) in [5.74, 6) is -1.28. The molecule has 0 radical (unpaired) electrons. The van der Waals surface area contributed by atoms with Crippen LogP contribution in [0.3, 0.4) is 0 Å². The van der Waals surface area contributed by atoms with E-state index in [2.05, 4.69) is 4.98 Å². The number of carbonyl (C=O) groups excluding carboxylic acids is 1. The summed E-state index contributed by atoms with van der Waals surface area (Å²) in [4.78, 5) is 28.5. The Bertz CT molecular complexity index is 975. The third-order valence-corrected chi connectivity index (χ3v) is 3.86. The fraction of sp³-hybridized carbons (Fsp3) is 0. The van der Waals surface area contributed by atoms with E-state index in [1.165, 1.54) is 6.26 Å². The molecule has 1 aromatic carbocycles. The number of nitrogens with zero attached hydrogens (tertiary/aromatic N) is 1. The number of benzene rings is 1. The third-order valence-electron chi connectivity index (χ3n) is 3.86. The molecule has 0 saturated carbocycles. The van der Waals surface area contributed by atoms with Crippen molar-refractivity contribution >= 4 is 17.6 Å². The number of ketones is 1. The van der Waals surface area contributed by atoms with Crippen molar-refractivity contribution in [1.82, 2.24) is 4.98 Å². The molecule has 112 valence electrons. The van der Waals surface area contributed by atoms with Crippen LogP contribution >= 0.6 is 0 Å². The number of hydrogen-bond acceptors (Lipinski definition) is 5. The summed E-state index contributed by atoms with van der Waals surface area (Å²) in [5, 5.41) is 9.51. The Morgan fingerprint density at radius 1 is 1.09 bits per heavy atom. The number of nitrogens with two attached hydrogens (primary N) is 1. The molecule has 3 aromatic rings. The number of anilines is 1. The molecule has 0 aliphatic heterocycles. The zero-order chi connectivity index (χ0) is 16.1. The van der Waals surface area contributed by atoms with Crippen LogP contribution in [0.2, 0.25) is 0 Å². The Morgan fingerprint density at radius 3 is 2.48 bits per heavy atom. The van der Waals surface area contributed by atoms with E-state index in [1.807, 2.05) is 0 Å². The minimum absolute atomic E-state index is 0.146. The van der Waals surface area contributed by atoms with Crippen LogP contribution in [0.15, 0.2) is 47.1 Å². The molecule has 4 rings (SSSR count). The number of furan rings is 1. The average Bonchev–Trinajstić information content (AvgIpc) is 3.15. The monoisotopic (exact) mass is 306 g/mol. The summed E-state index contributed by atoms with van der Waals surface area (Å²) in [5.41, 5.74) is 7.46. The predicted octanol–water partition coefficient (Wildman–Crippen LogP) is 2.83. The molecule has 1 aliphatic carbocycles. The number of carboxylic acid groups (broad SMARTS) is 1. The maximum absolute atomic E-state index is 12.8. The van der Waals surface area contributed by atoms with Crippen LogP contribution in [0, 0.1) is 0 Å². The van der Waals surface area contributed by atoms with Gasteiger partial charge in [-0.25, -0.2) is 9.78 Å². The first-order chi connectivity index (χ1) is 11.1. The van der Waals surface area contributed by atoms with Gasteiger partial charge in [0.25, 0.3) is 0 Å². The summed E-state index contributed by atoms with van der Waals surface area (Å²) in [7, 11) is 0. The quantitative estimate of drug-likeness (QED) is 0.589. The van der Waals surface area contributed by atoms with Gasteiger partial charge in [-0.05, 0) is 17.7 Å². The smallest absolute Gasteiger partial charge is 0.340 e. The van der Waals surface area contributed by atoms with Gasteiger partial charge in [-0.1, -0.05) is 24.3 Å². The van der Waals surface area contributed by atoms with Crippen LogP contribution in [-0.2, 0) is 0 Å². The Labute approximate surface area is 130 Å². The van der Waals surface area contributed by atoms with Gasteiger partial charge in [-0.15, -0.1) is 0 Å². The second-order valence-corrected chi connectivity index (χ2v) is 5.13. The molecule has 0 fully saturated rings. The van der Waals surface area contributed by atoms with Gasteiger partial charge in [0.1, 0.15) is 17.1 Å². The van der Waals surface area contributed by atoms with Crippen LogP contribution in [0.4, 0.5) is 5.82 Å². The first-order valence-corrected chi connectivity index (χ1v) is 6.84. The average molecular weight is 306 g/mol. The fourth-order valence-electron chi connectivity index (χ4n) is 2.94. The topological polar surface area (TPSA) is 106 Å². The number of aromatic nitrogens is 1. The summed E-state index contributed by atoms with van der Waals surface area (Å²) >= 11 is 0. The summed E-state index contributed by atoms with van der Waals surface area (Å²) in [6.45, 7) is 0. The van der Waals surface area contributed by atoms with Crippen LogP contribution in [-0.4, -0.2) is 21.8 Å². The lowest BCUT2D eigenvalue weighted by molar-refractivity contribution is 0.0698. The molecular weight excluding hydrogens is 296 g/mol. The molecule has 0 bridgehead atoms. The van der Waals surface area contributed by atoms with Gasteiger partial charge in [0.2, 0.25) is 0 Å². The largest absolute Gasteiger partial charge is 0.478 e. The lowest BCUT2D eigenvalue weighted by Crippen LogP contribution is -2.10. The van der Waals surface area contributed by atoms with Gasteiger partial charge in [0.05, 0.1) is 11.8 Å². The Hall–Kier alpha value is -3.41. The Morgan fingerprint density at radius 2 is 1.83 bits per heavy atom. The molecule has 0 saturated heterocycles. The number of rotatable bonds is 2. The van der Waals surface area contributed by atoms with E-state index >= 15 is 0 Å². The molecule has 3 N–H and O–H groups in total. The van der Waals surface area contributed by atoms with Crippen molar-refractivity contribution in [2.45, 2.75) is 0 Å². The molecule has 1 aliphatic rings. The number of carboxylic acids is 1. The van der Waals surface area contributed by atoms with E-state index in [-0.39, 0.29) is 28.4 Å². The number of aromatic carboxylic acids is 1. The van der Waals surface area contributed by atoms with E-state index in [0.29, 0.717) is 22.5 Å². The summed E-state index contributed by atoms with van der Waals surface area (Å²) in [6.07, 6.45) is 1.46. The first-order valence-electron chi connectivity index (χ1n) is 6.84. The minimum atomic E-state index is -1.22. The highest BCUT2D eigenvalue weighted by Gasteiger charge is 2.36. The molecule has 6 heteroatoms. The zero-order valence-corrected chi connectivity index (χ0v) is 11.7. The molecular formula is C17H10N2O4. The van der Waals surface area contributed by atoms with Gasteiger partial charge >= 0.3 is 5.97 Å². The summed E-state index contributed by atoms with van der Waals surface area (Å²) in [6, 6.07) is 10.2. The standard InChI is InChI=1S/C17H10N2O4/c18-16-13(17(21)22)11-8-4-1-2-5-9(8)15(20)12(11)14(19-16)10-6-3-7-23-10/h1-7H,(H2,18,19)(H,21,22). The molecule has 0 amide bonds. The van der Waals surface area contributed by atoms with Crippen molar-refractivity contribution in [2.24, 2.45) is 0 Å². The van der Waals surface area contributed by atoms with Crippen molar-refractivity contribution < 1.29 is 19.1 Å². The van der Waals surface area contributed by atoms with Crippen molar-refractivity contribution in [3.8, 4) is 22.6 Å². The highest BCUT2D eigenvalue weighted by Crippen LogP contribution is 2.44. The van der Waals surface area contributed by atoms with Crippen LogP contribution in [0.1, 0.15) is 26.3 Å². The Balaban J connectivity index is 2.17. The van der Waals surface area contributed by atoms with E-state index in [9.17, 15) is 14.7 Å². The van der Waals surface area contributed by atoms with Crippen LogP contribution in [0.5, 0.6) is 0 Å². The third kappa shape index (κ3) is 1.72. The highest BCUT2D eigenvalue weighted by atomic mass is 16.4. The number of nitrogen functional groups attached to an aromatic ring is 1. The molecule has 2 heterocycles. The SMILES string of the molecule is Nc1nc(-c2ccco2)c2c(c1C(=O)O)-c1ccccc1C2=O. The maximum atomic E-state index is 12.8. The van der Waals surface area contributed by atoms with E-state index in [0.717, 1.165) is 0 Å². The molecule has 23 heavy (non-hydrogen) atoms. The predicted molar refractivity (Wildman–Crippen MR) is 82.2 cm³/mol. The van der Waals surface area contributed by atoms with Crippen molar-refractivity contribution in [3.05, 3.63) is 59.4 Å². The summed E-state index contributed by atoms with van der Waals surface area (Å²) < 4.78 is 5.33. The Kier molecular flexibility index (Phi) is 2.62. The lowest BCUT2D eigenvalue weighted by atomic mass is 9.98. The molecule has 0 unspecified atom stereocenters. The van der Waals surface area contributed by atoms with Crippen LogP contribution in [0.25, 0.3) is 22.6 Å². The highest BCUT2D eigenvalue weighted by molar-refractivity contribution is 6.27. The lowest BCUT2D eigenvalue weighted by Gasteiger charge is -2.11. The van der Waals surface area contributed by atoms with Gasteiger partial charge in [0.15, 0.2) is 11.5 Å². The van der Waals surface area contributed by atoms with Gasteiger partial charge in [0, 0.05) is 11.1 Å². The van der Waals surface area contributed by atoms with Gasteiger partial charge in [-0.2, -0.15) is 0 Å². The van der Waals surface area contributed by atoms with Gasteiger partial charge < -0.3 is 15.3 Å². The van der Waals surface area contributed by atoms with E-state index in [4.69, 9.17) is 10.2 Å². The molecule has 0 spiro atoms. The van der Waals surface area contributed by atoms with E-state index in [1.54, 1.807) is 36.4 Å². The van der Waals surface area contributed by atoms with Crippen molar-refractivity contribution in [3.63, 3.8) is 0 Å². The van der Waals surface area contributed by atoms with Crippen LogP contribution < -0.4 is 5.73 Å². The number of carbonyl (C=O) groups is 2. The van der Waals surface area contributed by atoms with Crippen molar-refractivity contribution in [2.75, 3.05) is 5.73 Å². The van der Waals surface area contributed by atoms with Gasteiger partial charge in [-0.3, -0.25) is 4.79 Å². The zero-order valence-electron chi connectivity index (χ0n) is 11.7. The van der Waals surface area contributed by atoms with E-state index < -0.39 is 5.97 Å². The number of fused-ring (bicyclic) bond motifs is 3. The maximum Gasteiger partial charge on any atom is 0.340 e.